The highest BCUT2D eigenvalue weighted by Crippen LogP contribution is 2.11. The number of carbonyl (C=O) groups is 1. The summed E-state index contributed by atoms with van der Waals surface area (Å²) in [7, 11) is 0. The molecule has 1 fully saturated rings. The molecule has 1 rings (SSSR count). The van der Waals surface area contributed by atoms with Crippen LogP contribution < -0.4 is 0 Å². The third-order valence-corrected chi connectivity index (χ3v) is 1.75. The van der Waals surface area contributed by atoms with Crippen molar-refractivity contribution in [2.75, 3.05) is 19.0 Å². The Hall–Kier alpha value is -0.880. The minimum Gasteiger partial charge on any atom is -0.443 e. The lowest BCUT2D eigenvalue weighted by Crippen LogP contribution is -2.25. The molecular weight excluding hydrogens is 166 g/mol. The van der Waals surface area contributed by atoms with Crippen LogP contribution in [-0.2, 0) is 4.74 Å². The summed E-state index contributed by atoms with van der Waals surface area (Å²) in [5, 5.41) is 0. The fraction of sp³-hybridized carbons (Fsp3) is 0.571. The molecule has 1 aliphatic rings. The molecule has 11 heavy (non-hydrogen) atoms. The van der Waals surface area contributed by atoms with E-state index in [9.17, 15) is 4.79 Å². The predicted molar refractivity (Wildman–Crippen MR) is 41.4 cm³/mol. The lowest BCUT2D eigenvalue weighted by atomic mass is 10.4. The number of cyclic esters (lactones) is 1. The largest absolute Gasteiger partial charge is 0.443 e. The van der Waals surface area contributed by atoms with Crippen LogP contribution in [0.1, 0.15) is 0 Å². The summed E-state index contributed by atoms with van der Waals surface area (Å²) in [6.45, 7) is 0.804. The number of ether oxygens (including phenoxy) is 1. The first-order valence-electron chi connectivity index (χ1n) is 3.23. The van der Waals surface area contributed by atoms with Gasteiger partial charge in [-0.25, -0.2) is 4.79 Å². The lowest BCUT2D eigenvalue weighted by Gasteiger charge is -2.06. The molecule has 60 valence electrons. The SMILES string of the molecule is C#CCN1CC(CCl)OC1=O. The van der Waals surface area contributed by atoms with Crippen molar-refractivity contribution in [1.82, 2.24) is 4.90 Å². The van der Waals surface area contributed by atoms with E-state index in [0.717, 1.165) is 0 Å². The van der Waals surface area contributed by atoms with Crippen LogP contribution in [-0.4, -0.2) is 36.1 Å². The van der Waals surface area contributed by atoms with Gasteiger partial charge in [0.1, 0.15) is 6.10 Å². The first kappa shape index (κ1) is 8.22. The Kier molecular flexibility index (Phi) is 2.61. The Balaban J connectivity index is 2.46. The van der Waals surface area contributed by atoms with E-state index in [4.69, 9.17) is 22.8 Å². The summed E-state index contributed by atoms with van der Waals surface area (Å²) < 4.78 is 4.84. The zero-order chi connectivity index (χ0) is 8.27. The molecule has 1 aliphatic heterocycles. The predicted octanol–water partition coefficient (Wildman–Crippen LogP) is 0.679. The molecule has 0 N–H and O–H groups in total. The monoisotopic (exact) mass is 173 g/mol. The van der Waals surface area contributed by atoms with Gasteiger partial charge in [-0.05, 0) is 0 Å². The number of alkyl halides is 1. The Bertz CT molecular complexity index is 199. The van der Waals surface area contributed by atoms with Crippen LogP contribution in [0, 0.1) is 12.3 Å². The van der Waals surface area contributed by atoms with Crippen LogP contribution in [0.2, 0.25) is 0 Å². The Morgan fingerprint density at radius 1 is 1.91 bits per heavy atom. The zero-order valence-electron chi connectivity index (χ0n) is 5.92. The summed E-state index contributed by atoms with van der Waals surface area (Å²) in [5.74, 6) is 2.69. The van der Waals surface area contributed by atoms with Crippen LogP contribution in [0.5, 0.6) is 0 Å². The molecule has 0 spiro atoms. The molecule has 1 saturated heterocycles. The van der Waals surface area contributed by atoms with E-state index < -0.39 is 0 Å². The van der Waals surface area contributed by atoms with E-state index in [0.29, 0.717) is 19.0 Å². The maximum absolute atomic E-state index is 10.9. The molecule has 0 aromatic heterocycles. The number of hydrogen-bond acceptors (Lipinski definition) is 2. The number of nitrogens with zero attached hydrogens (tertiary/aromatic N) is 1. The van der Waals surface area contributed by atoms with Gasteiger partial charge in [0.05, 0.1) is 19.0 Å². The van der Waals surface area contributed by atoms with Crippen molar-refractivity contribution in [3.63, 3.8) is 0 Å². The number of hydrogen-bond donors (Lipinski definition) is 0. The van der Waals surface area contributed by atoms with Gasteiger partial charge in [-0.15, -0.1) is 18.0 Å². The average Bonchev–Trinajstić information content (AvgIpc) is 2.33. The number of rotatable bonds is 2. The Labute approximate surface area is 70.3 Å². The molecule has 1 atom stereocenters. The van der Waals surface area contributed by atoms with Crippen molar-refractivity contribution in [3.05, 3.63) is 0 Å². The number of amides is 1. The van der Waals surface area contributed by atoms with Gasteiger partial charge in [0.2, 0.25) is 0 Å². The highest BCUT2D eigenvalue weighted by Gasteiger charge is 2.29. The minimum atomic E-state index is -0.367. The molecule has 0 radical (unpaired) electrons. The molecule has 1 heterocycles. The lowest BCUT2D eigenvalue weighted by molar-refractivity contribution is 0.141. The van der Waals surface area contributed by atoms with E-state index in [-0.39, 0.29) is 12.2 Å². The minimum absolute atomic E-state index is 0.197. The smallest absolute Gasteiger partial charge is 0.411 e. The van der Waals surface area contributed by atoms with Gasteiger partial charge in [-0.3, -0.25) is 4.90 Å². The fourth-order valence-electron chi connectivity index (χ4n) is 0.894. The van der Waals surface area contributed by atoms with E-state index in [1.807, 2.05) is 0 Å². The average molecular weight is 174 g/mol. The molecule has 0 saturated carbocycles. The van der Waals surface area contributed by atoms with Crippen LogP contribution in [0.3, 0.4) is 0 Å². The quantitative estimate of drug-likeness (QED) is 0.454. The van der Waals surface area contributed by atoms with Crippen molar-refractivity contribution in [1.29, 1.82) is 0 Å². The fourth-order valence-corrected chi connectivity index (χ4v) is 1.05. The number of halogens is 1. The molecule has 0 aromatic rings. The van der Waals surface area contributed by atoms with Gasteiger partial charge >= 0.3 is 6.09 Å². The Morgan fingerprint density at radius 2 is 2.64 bits per heavy atom. The van der Waals surface area contributed by atoms with E-state index in [1.54, 1.807) is 0 Å². The molecule has 4 heteroatoms. The molecule has 1 unspecified atom stereocenters. The highest BCUT2D eigenvalue weighted by molar-refractivity contribution is 6.18. The second kappa shape index (κ2) is 3.49. The first-order chi connectivity index (χ1) is 5.27. The van der Waals surface area contributed by atoms with Crippen molar-refractivity contribution in [2.24, 2.45) is 0 Å². The zero-order valence-corrected chi connectivity index (χ0v) is 6.67. The first-order valence-corrected chi connectivity index (χ1v) is 3.76. The molecule has 1 amide bonds. The van der Waals surface area contributed by atoms with Gasteiger partial charge in [0.15, 0.2) is 0 Å². The topological polar surface area (TPSA) is 29.5 Å². The third kappa shape index (κ3) is 1.78. The van der Waals surface area contributed by atoms with Gasteiger partial charge in [-0.1, -0.05) is 5.92 Å². The standard InChI is InChI=1S/C7H8ClNO2/c1-2-3-9-5-6(4-8)11-7(9)10/h1,6H,3-5H2. The van der Waals surface area contributed by atoms with Crippen molar-refractivity contribution < 1.29 is 9.53 Å². The van der Waals surface area contributed by atoms with Crippen LogP contribution in [0.25, 0.3) is 0 Å². The van der Waals surface area contributed by atoms with Gasteiger partial charge in [0, 0.05) is 0 Å². The number of terminal acetylenes is 1. The highest BCUT2D eigenvalue weighted by atomic mass is 35.5. The third-order valence-electron chi connectivity index (χ3n) is 1.40. The summed E-state index contributed by atoms with van der Waals surface area (Å²) in [6, 6.07) is 0. The van der Waals surface area contributed by atoms with Gasteiger partial charge < -0.3 is 4.74 Å². The van der Waals surface area contributed by atoms with Gasteiger partial charge in [-0.2, -0.15) is 0 Å². The second-order valence-corrected chi connectivity index (χ2v) is 2.55. The second-order valence-electron chi connectivity index (χ2n) is 2.24. The maximum Gasteiger partial charge on any atom is 0.411 e. The Morgan fingerprint density at radius 3 is 3.09 bits per heavy atom. The van der Waals surface area contributed by atoms with Gasteiger partial charge in [0.25, 0.3) is 0 Å². The normalized spacial score (nSPS) is 23.1. The molecule has 0 aliphatic carbocycles. The van der Waals surface area contributed by atoms with E-state index in [2.05, 4.69) is 5.92 Å². The van der Waals surface area contributed by atoms with Crippen LogP contribution >= 0.6 is 11.6 Å². The van der Waals surface area contributed by atoms with Crippen molar-refractivity contribution in [3.8, 4) is 12.3 Å². The maximum atomic E-state index is 10.9. The van der Waals surface area contributed by atoms with E-state index >= 15 is 0 Å². The van der Waals surface area contributed by atoms with Crippen molar-refractivity contribution in [2.45, 2.75) is 6.10 Å². The number of carbonyl (C=O) groups excluding carboxylic acids is 1. The molecule has 0 aromatic carbocycles. The summed E-state index contributed by atoms with van der Waals surface area (Å²) >= 11 is 5.48. The van der Waals surface area contributed by atoms with E-state index in [1.165, 1.54) is 4.90 Å². The molecular formula is C7H8ClNO2. The summed E-state index contributed by atoms with van der Waals surface area (Å²) in [4.78, 5) is 12.3. The van der Waals surface area contributed by atoms with Crippen LogP contribution in [0.15, 0.2) is 0 Å². The van der Waals surface area contributed by atoms with Crippen molar-refractivity contribution >= 4 is 17.7 Å². The molecule has 3 nitrogen and oxygen atoms in total. The summed E-state index contributed by atoms with van der Waals surface area (Å²) in [6.07, 6.45) is 4.46. The van der Waals surface area contributed by atoms with Crippen LogP contribution in [0.4, 0.5) is 4.79 Å². The molecule has 0 bridgehead atoms. The summed E-state index contributed by atoms with van der Waals surface area (Å²) in [5.41, 5.74) is 0.